The Balaban J connectivity index is 2.77. The molecule has 0 aliphatic rings. The number of nitrogens with two attached hydrogens (primary N) is 1. The predicted molar refractivity (Wildman–Crippen MR) is 74.3 cm³/mol. The number of ether oxygens (including phenoxy) is 2. The van der Waals surface area contributed by atoms with E-state index in [1.807, 2.05) is 32.9 Å². The molecule has 0 fully saturated rings. The second-order valence-corrected chi connectivity index (χ2v) is 4.39. The molecule has 19 heavy (non-hydrogen) atoms. The fourth-order valence-corrected chi connectivity index (χ4v) is 1.66. The van der Waals surface area contributed by atoms with E-state index in [-0.39, 0.29) is 18.6 Å². The van der Waals surface area contributed by atoms with E-state index in [0.717, 1.165) is 5.56 Å². The molecule has 0 saturated carbocycles. The van der Waals surface area contributed by atoms with Crippen LogP contribution in [0.5, 0.6) is 11.5 Å². The summed E-state index contributed by atoms with van der Waals surface area (Å²) in [4.78, 5) is 11.6. The summed E-state index contributed by atoms with van der Waals surface area (Å²) in [6, 6.07) is 5.61. The number of hydrogen-bond donors (Lipinski definition) is 2. The van der Waals surface area contributed by atoms with Gasteiger partial charge in [0.15, 0.2) is 18.1 Å². The summed E-state index contributed by atoms with van der Waals surface area (Å²) >= 11 is 0. The van der Waals surface area contributed by atoms with Gasteiger partial charge in [-0.3, -0.25) is 4.79 Å². The molecule has 0 aromatic heterocycles. The van der Waals surface area contributed by atoms with E-state index in [0.29, 0.717) is 24.7 Å². The van der Waals surface area contributed by atoms with Gasteiger partial charge in [-0.15, -0.1) is 0 Å². The number of carbonyl (C=O) groups excluding carboxylic acids is 1. The summed E-state index contributed by atoms with van der Waals surface area (Å²) in [7, 11) is 0. The maximum atomic E-state index is 11.6. The number of nitrogens with one attached hydrogen (secondary N) is 1. The highest BCUT2D eigenvalue weighted by Crippen LogP contribution is 2.31. The molecule has 1 amide bonds. The van der Waals surface area contributed by atoms with Crippen LogP contribution < -0.4 is 20.5 Å². The maximum Gasteiger partial charge on any atom is 0.258 e. The van der Waals surface area contributed by atoms with Gasteiger partial charge in [0.05, 0.1) is 6.61 Å². The van der Waals surface area contributed by atoms with Crippen molar-refractivity contribution in [2.24, 2.45) is 5.73 Å². The lowest BCUT2D eigenvalue weighted by molar-refractivity contribution is -0.123. The number of hydrogen-bond acceptors (Lipinski definition) is 4. The lowest BCUT2D eigenvalue weighted by Gasteiger charge is -2.15. The molecule has 0 unspecified atom stereocenters. The quantitative estimate of drug-likeness (QED) is 0.783. The van der Waals surface area contributed by atoms with Crippen molar-refractivity contribution in [2.45, 2.75) is 33.4 Å². The summed E-state index contributed by atoms with van der Waals surface area (Å²) in [5.41, 5.74) is 6.49. The zero-order valence-electron chi connectivity index (χ0n) is 11.7. The lowest BCUT2D eigenvalue weighted by Crippen LogP contribution is -2.34. The third-order valence-electron chi connectivity index (χ3n) is 2.38. The Hall–Kier alpha value is -1.75. The van der Waals surface area contributed by atoms with Crippen LogP contribution in [0.1, 0.15) is 26.3 Å². The Bertz CT molecular complexity index is 419. The number of rotatable bonds is 7. The standard InChI is InChI=1S/C14H22N2O3/c1-4-18-12-7-5-6-11(8-15)14(12)19-9-13(17)16-10(2)3/h5-7,10H,4,8-9,15H2,1-3H3,(H,16,17). The van der Waals surface area contributed by atoms with Gasteiger partial charge in [-0.05, 0) is 26.8 Å². The van der Waals surface area contributed by atoms with Crippen molar-refractivity contribution in [3.8, 4) is 11.5 Å². The van der Waals surface area contributed by atoms with Gasteiger partial charge in [-0.2, -0.15) is 0 Å². The molecule has 5 nitrogen and oxygen atoms in total. The lowest BCUT2D eigenvalue weighted by atomic mass is 10.2. The van der Waals surface area contributed by atoms with Crippen molar-refractivity contribution in [3.05, 3.63) is 23.8 Å². The molecule has 0 aliphatic carbocycles. The van der Waals surface area contributed by atoms with E-state index in [1.165, 1.54) is 0 Å². The van der Waals surface area contributed by atoms with Crippen molar-refractivity contribution >= 4 is 5.91 Å². The summed E-state index contributed by atoms with van der Waals surface area (Å²) in [6.45, 7) is 6.51. The first-order valence-corrected chi connectivity index (χ1v) is 6.45. The Kier molecular flexibility index (Phi) is 6.15. The molecular formula is C14H22N2O3. The monoisotopic (exact) mass is 266 g/mol. The molecule has 0 spiro atoms. The summed E-state index contributed by atoms with van der Waals surface area (Å²) in [6.07, 6.45) is 0. The molecule has 0 heterocycles. The SMILES string of the molecule is CCOc1cccc(CN)c1OCC(=O)NC(C)C. The van der Waals surface area contributed by atoms with Crippen LogP contribution in [-0.2, 0) is 11.3 Å². The van der Waals surface area contributed by atoms with Gasteiger partial charge >= 0.3 is 0 Å². The van der Waals surface area contributed by atoms with Crippen molar-refractivity contribution in [1.29, 1.82) is 0 Å². The van der Waals surface area contributed by atoms with Crippen molar-refractivity contribution in [2.75, 3.05) is 13.2 Å². The van der Waals surface area contributed by atoms with Gasteiger partial charge in [-0.25, -0.2) is 0 Å². The summed E-state index contributed by atoms with van der Waals surface area (Å²) < 4.78 is 11.0. The van der Waals surface area contributed by atoms with Crippen LogP contribution in [0.25, 0.3) is 0 Å². The van der Waals surface area contributed by atoms with Crippen molar-refractivity contribution in [1.82, 2.24) is 5.32 Å². The Morgan fingerprint density at radius 3 is 2.68 bits per heavy atom. The van der Waals surface area contributed by atoms with E-state index in [2.05, 4.69) is 5.32 Å². The first-order chi connectivity index (χ1) is 9.08. The average molecular weight is 266 g/mol. The topological polar surface area (TPSA) is 73.6 Å². The molecule has 0 bridgehead atoms. The van der Waals surface area contributed by atoms with Gasteiger partial charge in [0.2, 0.25) is 0 Å². The summed E-state index contributed by atoms with van der Waals surface area (Å²) in [5, 5.41) is 2.77. The van der Waals surface area contributed by atoms with Crippen molar-refractivity contribution in [3.63, 3.8) is 0 Å². The molecular weight excluding hydrogens is 244 g/mol. The van der Waals surface area contributed by atoms with Crippen LogP contribution in [0.3, 0.4) is 0 Å². The van der Waals surface area contributed by atoms with Gasteiger partial charge < -0.3 is 20.5 Å². The van der Waals surface area contributed by atoms with Crippen LogP contribution in [0.15, 0.2) is 18.2 Å². The number of amides is 1. The zero-order valence-corrected chi connectivity index (χ0v) is 11.7. The van der Waals surface area contributed by atoms with Crippen LogP contribution in [0.2, 0.25) is 0 Å². The molecule has 0 radical (unpaired) electrons. The number of carbonyl (C=O) groups is 1. The highest BCUT2D eigenvalue weighted by molar-refractivity contribution is 5.77. The minimum absolute atomic E-state index is 0.0464. The van der Waals surface area contributed by atoms with Crippen LogP contribution in [-0.4, -0.2) is 25.2 Å². The van der Waals surface area contributed by atoms with E-state index < -0.39 is 0 Å². The Morgan fingerprint density at radius 2 is 2.11 bits per heavy atom. The predicted octanol–water partition coefficient (Wildman–Crippen LogP) is 1.45. The number of para-hydroxylation sites is 1. The van der Waals surface area contributed by atoms with Crippen LogP contribution >= 0.6 is 0 Å². The van der Waals surface area contributed by atoms with E-state index >= 15 is 0 Å². The molecule has 0 saturated heterocycles. The first kappa shape index (κ1) is 15.3. The van der Waals surface area contributed by atoms with Gasteiger partial charge in [0.25, 0.3) is 5.91 Å². The smallest absolute Gasteiger partial charge is 0.258 e. The third kappa shape index (κ3) is 4.79. The largest absolute Gasteiger partial charge is 0.490 e. The van der Waals surface area contributed by atoms with E-state index in [9.17, 15) is 4.79 Å². The maximum absolute atomic E-state index is 11.6. The molecule has 1 rings (SSSR count). The average Bonchev–Trinajstić information content (AvgIpc) is 2.36. The molecule has 0 aliphatic heterocycles. The minimum atomic E-state index is -0.163. The molecule has 1 aromatic carbocycles. The Labute approximate surface area is 114 Å². The normalized spacial score (nSPS) is 10.4. The second kappa shape index (κ2) is 7.63. The number of benzene rings is 1. The van der Waals surface area contributed by atoms with Gasteiger partial charge in [0.1, 0.15) is 0 Å². The first-order valence-electron chi connectivity index (χ1n) is 6.45. The molecule has 106 valence electrons. The molecule has 5 heteroatoms. The molecule has 1 aromatic rings. The zero-order chi connectivity index (χ0) is 14.3. The third-order valence-corrected chi connectivity index (χ3v) is 2.38. The van der Waals surface area contributed by atoms with Gasteiger partial charge in [-0.1, -0.05) is 12.1 Å². The fraction of sp³-hybridized carbons (Fsp3) is 0.500. The second-order valence-electron chi connectivity index (χ2n) is 4.39. The van der Waals surface area contributed by atoms with E-state index in [4.69, 9.17) is 15.2 Å². The van der Waals surface area contributed by atoms with Gasteiger partial charge in [0, 0.05) is 18.2 Å². The minimum Gasteiger partial charge on any atom is -0.490 e. The van der Waals surface area contributed by atoms with Crippen molar-refractivity contribution < 1.29 is 14.3 Å². The van der Waals surface area contributed by atoms with Crippen LogP contribution in [0.4, 0.5) is 0 Å². The molecule has 3 N–H and O–H groups in total. The summed E-state index contributed by atoms with van der Waals surface area (Å²) in [5.74, 6) is 0.998. The van der Waals surface area contributed by atoms with Crippen LogP contribution in [0, 0.1) is 0 Å². The Morgan fingerprint density at radius 1 is 1.37 bits per heavy atom. The fourth-order valence-electron chi connectivity index (χ4n) is 1.66. The molecule has 0 atom stereocenters. The van der Waals surface area contributed by atoms with E-state index in [1.54, 1.807) is 6.07 Å². The highest BCUT2D eigenvalue weighted by atomic mass is 16.5. The highest BCUT2D eigenvalue weighted by Gasteiger charge is 2.12.